The summed E-state index contributed by atoms with van der Waals surface area (Å²) in [5, 5.41) is 0. The number of hydrogen-bond acceptors (Lipinski definition) is 4. The van der Waals surface area contributed by atoms with Gasteiger partial charge in [0.2, 0.25) is 0 Å². The van der Waals surface area contributed by atoms with Crippen molar-refractivity contribution in [3.8, 4) is 11.5 Å². The van der Waals surface area contributed by atoms with Crippen molar-refractivity contribution in [2.75, 3.05) is 0 Å². The van der Waals surface area contributed by atoms with Crippen molar-refractivity contribution in [1.29, 1.82) is 0 Å². The summed E-state index contributed by atoms with van der Waals surface area (Å²) in [6, 6.07) is 8.94. The molecule has 0 bridgehead atoms. The highest BCUT2D eigenvalue weighted by Gasteiger charge is 2.31. The van der Waals surface area contributed by atoms with Crippen LogP contribution < -0.4 is 9.47 Å². The Morgan fingerprint density at radius 3 is 1.50 bits per heavy atom. The van der Waals surface area contributed by atoms with Crippen molar-refractivity contribution >= 4 is 25.4 Å². The number of alkyl halides is 6. The van der Waals surface area contributed by atoms with Gasteiger partial charge in [-0.15, -0.1) is 26.3 Å². The van der Waals surface area contributed by atoms with E-state index in [0.717, 1.165) is 42.5 Å². The third-order valence-electron chi connectivity index (χ3n) is 3.62. The van der Waals surface area contributed by atoms with Crippen molar-refractivity contribution in [2.24, 2.45) is 0 Å². The van der Waals surface area contributed by atoms with Gasteiger partial charge >= 0.3 is 20.2 Å². The quantitative estimate of drug-likeness (QED) is 0.130. The molecule has 180 valence electrons. The summed E-state index contributed by atoms with van der Waals surface area (Å²) in [6.45, 7) is 0. The predicted octanol–water partition coefficient (Wildman–Crippen LogP) is 6.60. The monoisotopic (exact) mass is 492 g/mol. The molecule has 0 fully saturated rings. The number of halogens is 8. The van der Waals surface area contributed by atoms with Gasteiger partial charge in [0, 0.05) is 6.08 Å². The fraction of sp³-hybridized carbons (Fsp3) is 0.0952. The molecule has 2 aromatic carbocycles. The Kier molecular flexibility index (Phi) is 8.87. The number of carbonyl (C=O) groups is 1. The molecule has 0 N–H and O–H groups in total. The fourth-order valence-electron chi connectivity index (χ4n) is 2.33. The molecule has 0 aliphatic carbocycles. The fourth-order valence-corrected chi connectivity index (χ4v) is 2.33. The normalized spacial score (nSPS) is 12.8. The molecule has 2 aromatic rings. The van der Waals surface area contributed by atoms with E-state index in [9.17, 15) is 39.8 Å². The summed E-state index contributed by atoms with van der Waals surface area (Å²) in [7, 11) is -3.27. The maximum atomic E-state index is 12.6. The number of rotatable bonds is 9. The Morgan fingerprint density at radius 1 is 0.706 bits per heavy atom. The Hall–Kier alpha value is -3.77. The van der Waals surface area contributed by atoms with Gasteiger partial charge in [-0.25, -0.2) is 8.63 Å². The summed E-state index contributed by atoms with van der Waals surface area (Å²) in [5.41, 5.74) is 0.617. The molecule has 0 spiro atoms. The maximum Gasteiger partial charge on any atom is 0.796 e. The van der Waals surface area contributed by atoms with E-state index in [1.807, 2.05) is 0 Å². The second kappa shape index (κ2) is 11.4. The van der Waals surface area contributed by atoms with Crippen LogP contribution in [0.2, 0.25) is 0 Å². The first-order valence-corrected chi connectivity index (χ1v) is 9.07. The Balaban J connectivity index is 2.08. The molecule has 0 aromatic heterocycles. The van der Waals surface area contributed by atoms with Crippen molar-refractivity contribution in [3.63, 3.8) is 0 Å². The van der Waals surface area contributed by atoms with E-state index in [4.69, 9.17) is 0 Å². The molecule has 0 unspecified atom stereocenters. The van der Waals surface area contributed by atoms with Crippen LogP contribution in [0, 0.1) is 0 Å². The molecule has 13 heteroatoms. The van der Waals surface area contributed by atoms with Gasteiger partial charge < -0.3 is 14.1 Å². The number of allylic oxidation sites excluding steroid dienone is 3. The second-order valence-corrected chi connectivity index (χ2v) is 6.23. The van der Waals surface area contributed by atoms with Crippen LogP contribution in [0.15, 0.2) is 72.5 Å². The molecule has 4 nitrogen and oxygen atoms in total. The molecule has 0 saturated carbocycles. The average Bonchev–Trinajstić information content (AvgIpc) is 2.70. The number of benzene rings is 2. The SMILES string of the molecule is O=C(/C=C(/C=C/c1ccc(OC(F)(F)F)cc1)OB(F)F)/C=C/c1ccc(OC(F)(F)F)cc1. The van der Waals surface area contributed by atoms with Crippen molar-refractivity contribution < 1.29 is 53.9 Å². The first-order valence-electron chi connectivity index (χ1n) is 9.07. The highest BCUT2D eigenvalue weighted by Crippen LogP contribution is 2.24. The lowest BCUT2D eigenvalue weighted by atomic mass is 10.1. The van der Waals surface area contributed by atoms with Crippen LogP contribution in [0.25, 0.3) is 12.2 Å². The predicted molar refractivity (Wildman–Crippen MR) is 106 cm³/mol. The van der Waals surface area contributed by atoms with Crippen LogP contribution in [0.1, 0.15) is 11.1 Å². The van der Waals surface area contributed by atoms with Gasteiger partial charge in [-0.05, 0) is 47.5 Å². The van der Waals surface area contributed by atoms with Crippen LogP contribution in [0.4, 0.5) is 35.0 Å². The molecular weight excluding hydrogens is 479 g/mol. The lowest BCUT2D eigenvalue weighted by Gasteiger charge is -2.08. The van der Waals surface area contributed by atoms with E-state index < -0.39 is 43.2 Å². The van der Waals surface area contributed by atoms with Crippen LogP contribution in [0.3, 0.4) is 0 Å². The lowest BCUT2D eigenvalue weighted by molar-refractivity contribution is -0.275. The molecule has 34 heavy (non-hydrogen) atoms. The zero-order valence-corrected chi connectivity index (χ0v) is 16.7. The van der Waals surface area contributed by atoms with E-state index in [1.165, 1.54) is 36.4 Å². The van der Waals surface area contributed by atoms with Gasteiger partial charge in [-0.1, -0.05) is 36.4 Å². The third-order valence-corrected chi connectivity index (χ3v) is 3.62. The molecule has 0 heterocycles. The lowest BCUT2D eigenvalue weighted by Crippen LogP contribution is -2.16. The van der Waals surface area contributed by atoms with E-state index in [0.29, 0.717) is 11.1 Å². The molecular formula is C21H13BF8O4. The summed E-state index contributed by atoms with van der Waals surface area (Å²) in [6.07, 6.45) is -4.61. The second-order valence-electron chi connectivity index (χ2n) is 6.23. The highest BCUT2D eigenvalue weighted by molar-refractivity contribution is 6.35. The smallest absolute Gasteiger partial charge is 0.505 e. The summed E-state index contributed by atoms with van der Waals surface area (Å²) in [5.74, 6) is -2.28. The van der Waals surface area contributed by atoms with Gasteiger partial charge in [0.15, 0.2) is 5.78 Å². The summed E-state index contributed by atoms with van der Waals surface area (Å²) >= 11 is 0. The van der Waals surface area contributed by atoms with E-state index in [2.05, 4.69) is 14.1 Å². The Morgan fingerprint density at radius 2 is 1.12 bits per heavy atom. The van der Waals surface area contributed by atoms with Crippen LogP contribution >= 0.6 is 0 Å². The van der Waals surface area contributed by atoms with Crippen molar-refractivity contribution in [3.05, 3.63) is 83.6 Å². The molecule has 2 rings (SSSR count). The van der Waals surface area contributed by atoms with Crippen molar-refractivity contribution in [2.45, 2.75) is 12.7 Å². The molecule has 0 saturated heterocycles. The van der Waals surface area contributed by atoms with Crippen LogP contribution in [0.5, 0.6) is 11.5 Å². The number of hydrogen-bond donors (Lipinski definition) is 0. The topological polar surface area (TPSA) is 44.8 Å². The molecule has 0 atom stereocenters. The van der Waals surface area contributed by atoms with Gasteiger partial charge in [-0.3, -0.25) is 4.79 Å². The molecule has 0 radical (unpaired) electrons. The van der Waals surface area contributed by atoms with Crippen molar-refractivity contribution in [1.82, 2.24) is 0 Å². The minimum absolute atomic E-state index is 0.294. The number of ketones is 1. The highest BCUT2D eigenvalue weighted by atomic mass is 19.4. The zero-order valence-electron chi connectivity index (χ0n) is 16.7. The first-order chi connectivity index (χ1) is 15.8. The van der Waals surface area contributed by atoms with Gasteiger partial charge in [0.05, 0.1) is 0 Å². The zero-order chi connectivity index (χ0) is 25.4. The van der Waals surface area contributed by atoms with E-state index >= 15 is 0 Å². The van der Waals surface area contributed by atoms with E-state index in [-0.39, 0.29) is 0 Å². The van der Waals surface area contributed by atoms with Crippen LogP contribution in [-0.2, 0) is 9.45 Å². The average molecular weight is 492 g/mol. The summed E-state index contributed by atoms with van der Waals surface area (Å²) < 4.78 is 110. The maximum absolute atomic E-state index is 12.6. The molecule has 0 aliphatic rings. The van der Waals surface area contributed by atoms with Gasteiger partial charge in [-0.2, -0.15) is 0 Å². The van der Waals surface area contributed by atoms with E-state index in [1.54, 1.807) is 0 Å². The van der Waals surface area contributed by atoms with Gasteiger partial charge in [0.25, 0.3) is 0 Å². The third kappa shape index (κ3) is 10.7. The minimum atomic E-state index is -4.87. The molecule has 0 amide bonds. The minimum Gasteiger partial charge on any atom is -0.505 e. The first kappa shape index (κ1) is 26.5. The summed E-state index contributed by atoms with van der Waals surface area (Å²) in [4.78, 5) is 12.0. The Labute approximate surface area is 187 Å². The van der Waals surface area contributed by atoms with Gasteiger partial charge in [0.1, 0.15) is 17.3 Å². The standard InChI is InChI=1S/C21H13BF8O4/c23-20(24,25)32-17-8-2-14(3-9-17)1-7-16(31)13-19(34-22(29)30)12-6-15-4-10-18(11-5-15)33-21(26,27)28/h1-13H/b7-1+,12-6+,19-13-. The Bertz CT molecular complexity index is 1040. The largest absolute Gasteiger partial charge is 0.796 e. The number of ether oxygens (including phenoxy) is 2. The number of carbonyl (C=O) groups excluding carboxylic acids is 1. The molecule has 0 aliphatic heterocycles. The van der Waals surface area contributed by atoms with Crippen LogP contribution in [-0.4, -0.2) is 26.0 Å².